The molecule has 1 amide bonds. The van der Waals surface area contributed by atoms with Crippen LogP contribution in [0.3, 0.4) is 0 Å². The van der Waals surface area contributed by atoms with Crippen LogP contribution in [-0.2, 0) is 10.2 Å². The van der Waals surface area contributed by atoms with Crippen molar-refractivity contribution in [2.75, 3.05) is 18.6 Å². The lowest BCUT2D eigenvalue weighted by atomic mass is 9.83. The molecule has 5 heteroatoms. The maximum atomic E-state index is 13.3. The number of hydrogen-bond acceptors (Lipinski definition) is 3. The van der Waals surface area contributed by atoms with E-state index >= 15 is 0 Å². The van der Waals surface area contributed by atoms with Crippen LogP contribution in [0, 0.1) is 5.82 Å². The lowest BCUT2D eigenvalue weighted by Gasteiger charge is -2.27. The number of aliphatic hydroxyl groups excluding tert-OH is 1. The quantitative estimate of drug-likeness (QED) is 0.812. The van der Waals surface area contributed by atoms with Crippen molar-refractivity contribution in [2.24, 2.45) is 0 Å². The summed E-state index contributed by atoms with van der Waals surface area (Å²) in [5.74, 6) is 0.237. The first-order chi connectivity index (χ1) is 9.41. The van der Waals surface area contributed by atoms with E-state index in [1.165, 1.54) is 12.1 Å². The van der Waals surface area contributed by atoms with Crippen LogP contribution in [0.4, 0.5) is 4.39 Å². The summed E-state index contributed by atoms with van der Waals surface area (Å²) in [6.45, 7) is 3.57. The first kappa shape index (κ1) is 17.0. The van der Waals surface area contributed by atoms with Gasteiger partial charge in [0.25, 0.3) is 0 Å². The molecule has 0 bridgehead atoms. The number of hydrogen-bond donors (Lipinski definition) is 2. The summed E-state index contributed by atoms with van der Waals surface area (Å²) in [4.78, 5) is 12.4. The summed E-state index contributed by atoms with van der Waals surface area (Å²) >= 11 is 1.61. The second-order valence-electron chi connectivity index (χ2n) is 5.27. The van der Waals surface area contributed by atoms with E-state index in [4.69, 9.17) is 5.11 Å². The predicted molar refractivity (Wildman–Crippen MR) is 81.4 cm³/mol. The number of thioether (sulfide) groups is 1. The second kappa shape index (κ2) is 7.64. The number of benzene rings is 1. The van der Waals surface area contributed by atoms with E-state index in [1.807, 2.05) is 6.26 Å². The highest BCUT2D eigenvalue weighted by atomic mass is 32.2. The molecule has 2 N–H and O–H groups in total. The van der Waals surface area contributed by atoms with Gasteiger partial charge in [0, 0.05) is 18.4 Å². The number of rotatable bonds is 7. The van der Waals surface area contributed by atoms with Crippen molar-refractivity contribution in [3.05, 3.63) is 35.6 Å². The smallest absolute Gasteiger partial charge is 0.230 e. The van der Waals surface area contributed by atoms with E-state index in [-0.39, 0.29) is 24.4 Å². The van der Waals surface area contributed by atoms with E-state index in [1.54, 1.807) is 37.7 Å². The number of halogens is 1. The molecule has 0 spiro atoms. The average Bonchev–Trinajstić information content (AvgIpc) is 2.39. The van der Waals surface area contributed by atoms with Gasteiger partial charge in [-0.1, -0.05) is 12.1 Å². The Balaban J connectivity index is 2.83. The molecule has 0 aliphatic heterocycles. The van der Waals surface area contributed by atoms with Gasteiger partial charge in [-0.15, -0.1) is 0 Å². The van der Waals surface area contributed by atoms with Gasteiger partial charge in [0.2, 0.25) is 5.91 Å². The molecule has 20 heavy (non-hydrogen) atoms. The molecule has 1 rings (SSSR count). The van der Waals surface area contributed by atoms with Crippen LogP contribution in [0.2, 0.25) is 0 Å². The van der Waals surface area contributed by atoms with Crippen LogP contribution >= 0.6 is 11.8 Å². The predicted octanol–water partition coefficient (Wildman–Crippen LogP) is 2.33. The molecule has 0 saturated carbocycles. The summed E-state index contributed by atoms with van der Waals surface area (Å²) in [7, 11) is 0. The van der Waals surface area contributed by atoms with Crippen molar-refractivity contribution in [3.8, 4) is 0 Å². The van der Waals surface area contributed by atoms with Gasteiger partial charge < -0.3 is 10.4 Å². The van der Waals surface area contributed by atoms with Gasteiger partial charge >= 0.3 is 0 Å². The van der Waals surface area contributed by atoms with Crippen molar-refractivity contribution in [1.29, 1.82) is 0 Å². The lowest BCUT2D eigenvalue weighted by molar-refractivity contribution is -0.126. The second-order valence-corrected chi connectivity index (χ2v) is 6.18. The van der Waals surface area contributed by atoms with E-state index in [0.717, 1.165) is 5.75 Å². The Bertz CT molecular complexity index is 445. The Morgan fingerprint density at radius 3 is 2.75 bits per heavy atom. The van der Waals surface area contributed by atoms with Gasteiger partial charge in [-0.2, -0.15) is 11.8 Å². The third-order valence-corrected chi connectivity index (χ3v) is 4.03. The zero-order valence-electron chi connectivity index (χ0n) is 12.1. The number of amides is 1. The van der Waals surface area contributed by atoms with Gasteiger partial charge in [0.1, 0.15) is 5.82 Å². The summed E-state index contributed by atoms with van der Waals surface area (Å²) in [5, 5.41) is 12.0. The molecule has 0 aliphatic rings. The van der Waals surface area contributed by atoms with Crippen LogP contribution in [0.15, 0.2) is 24.3 Å². The molecule has 3 nitrogen and oxygen atoms in total. The highest BCUT2D eigenvalue weighted by Crippen LogP contribution is 2.24. The fourth-order valence-electron chi connectivity index (χ4n) is 1.93. The molecule has 112 valence electrons. The Kier molecular flexibility index (Phi) is 6.49. The van der Waals surface area contributed by atoms with Gasteiger partial charge in [-0.25, -0.2) is 4.39 Å². The Hall–Kier alpha value is -1.07. The summed E-state index contributed by atoms with van der Waals surface area (Å²) in [5.41, 5.74) is -0.171. The monoisotopic (exact) mass is 299 g/mol. The van der Waals surface area contributed by atoms with Crippen molar-refractivity contribution < 1.29 is 14.3 Å². The van der Waals surface area contributed by atoms with Gasteiger partial charge in [0.05, 0.1) is 5.41 Å². The zero-order chi connectivity index (χ0) is 15.2. The number of carbonyl (C=O) groups excluding carboxylic acids is 1. The van der Waals surface area contributed by atoms with Crippen molar-refractivity contribution in [2.45, 2.75) is 31.7 Å². The Labute approximate surface area is 124 Å². The SMILES string of the molecule is CSCC(CCO)NC(=O)C(C)(C)c1cccc(F)c1. The third kappa shape index (κ3) is 4.49. The largest absolute Gasteiger partial charge is 0.396 e. The van der Waals surface area contributed by atoms with Crippen LogP contribution < -0.4 is 5.32 Å². The molecule has 0 saturated heterocycles. The number of aliphatic hydroxyl groups is 1. The van der Waals surface area contributed by atoms with Crippen LogP contribution in [0.25, 0.3) is 0 Å². The third-order valence-electron chi connectivity index (χ3n) is 3.29. The topological polar surface area (TPSA) is 49.3 Å². The zero-order valence-corrected chi connectivity index (χ0v) is 13.0. The maximum absolute atomic E-state index is 13.3. The molecule has 0 heterocycles. The standard InChI is InChI=1S/C15H22FNO2S/c1-15(2,11-5-4-6-12(16)9-11)14(19)17-13(7-8-18)10-20-3/h4-6,9,13,18H,7-8,10H2,1-3H3,(H,17,19). The maximum Gasteiger partial charge on any atom is 0.230 e. The minimum absolute atomic E-state index is 0.0336. The van der Waals surface area contributed by atoms with E-state index in [2.05, 4.69) is 5.32 Å². The van der Waals surface area contributed by atoms with Crippen LogP contribution in [0.1, 0.15) is 25.8 Å². The highest BCUT2D eigenvalue weighted by Gasteiger charge is 2.31. The summed E-state index contributed by atoms with van der Waals surface area (Å²) < 4.78 is 13.3. The molecule has 0 radical (unpaired) electrons. The molecule has 1 unspecified atom stereocenters. The van der Waals surface area contributed by atoms with E-state index in [9.17, 15) is 9.18 Å². The Morgan fingerprint density at radius 1 is 1.50 bits per heavy atom. The summed E-state index contributed by atoms with van der Waals surface area (Å²) in [6.07, 6.45) is 2.47. The average molecular weight is 299 g/mol. The molecule has 1 aromatic carbocycles. The molecule has 1 aromatic rings. The van der Waals surface area contributed by atoms with Crippen molar-refractivity contribution in [1.82, 2.24) is 5.32 Å². The van der Waals surface area contributed by atoms with Gasteiger partial charge in [-0.05, 0) is 44.2 Å². The lowest BCUT2D eigenvalue weighted by Crippen LogP contribution is -2.46. The minimum Gasteiger partial charge on any atom is -0.396 e. The highest BCUT2D eigenvalue weighted by molar-refractivity contribution is 7.98. The molecule has 1 atom stereocenters. The first-order valence-corrected chi connectivity index (χ1v) is 7.98. The van der Waals surface area contributed by atoms with Gasteiger partial charge in [-0.3, -0.25) is 4.79 Å². The van der Waals surface area contributed by atoms with E-state index in [0.29, 0.717) is 12.0 Å². The summed E-state index contributed by atoms with van der Waals surface area (Å²) in [6, 6.07) is 6.02. The van der Waals surface area contributed by atoms with Crippen molar-refractivity contribution >= 4 is 17.7 Å². The molecule has 0 fully saturated rings. The number of nitrogens with one attached hydrogen (secondary N) is 1. The molecular formula is C15H22FNO2S. The molecule has 0 aromatic heterocycles. The Morgan fingerprint density at radius 2 is 2.20 bits per heavy atom. The minimum atomic E-state index is -0.811. The van der Waals surface area contributed by atoms with E-state index < -0.39 is 5.41 Å². The molecular weight excluding hydrogens is 277 g/mol. The van der Waals surface area contributed by atoms with Gasteiger partial charge in [0.15, 0.2) is 0 Å². The van der Waals surface area contributed by atoms with Crippen LogP contribution in [0.5, 0.6) is 0 Å². The fourth-order valence-corrected chi connectivity index (χ4v) is 2.58. The fraction of sp³-hybridized carbons (Fsp3) is 0.533. The van der Waals surface area contributed by atoms with Crippen LogP contribution in [-0.4, -0.2) is 35.7 Å². The normalized spacial score (nSPS) is 13.1. The molecule has 0 aliphatic carbocycles. The number of carbonyl (C=O) groups is 1. The first-order valence-electron chi connectivity index (χ1n) is 6.58. The van der Waals surface area contributed by atoms with Crippen molar-refractivity contribution in [3.63, 3.8) is 0 Å².